The molecule has 0 saturated carbocycles. The first kappa shape index (κ1) is 17.5. The Bertz CT molecular complexity index is 607. The number of nitrogens with two attached hydrogens (primary N) is 1. The summed E-state index contributed by atoms with van der Waals surface area (Å²) >= 11 is 0. The van der Waals surface area contributed by atoms with Gasteiger partial charge in [0.15, 0.2) is 6.10 Å². The van der Waals surface area contributed by atoms with Gasteiger partial charge in [0, 0.05) is 12.6 Å². The van der Waals surface area contributed by atoms with Crippen LogP contribution in [-0.2, 0) is 4.79 Å². The summed E-state index contributed by atoms with van der Waals surface area (Å²) in [6, 6.07) is 5.84. The first-order valence-electron chi connectivity index (χ1n) is 8.24. The fraction of sp³-hybridized carbons (Fsp3) is 0.526. The fourth-order valence-electron chi connectivity index (χ4n) is 2.75. The van der Waals surface area contributed by atoms with Crippen LogP contribution in [0.25, 0.3) is 0 Å². The summed E-state index contributed by atoms with van der Waals surface area (Å²) in [5.41, 5.74) is 9.02. The third-order valence-corrected chi connectivity index (χ3v) is 4.17. The van der Waals surface area contributed by atoms with E-state index in [1.54, 1.807) is 4.90 Å². The summed E-state index contributed by atoms with van der Waals surface area (Å²) in [5.74, 6) is 1.17. The zero-order chi connectivity index (χ0) is 17.3. The summed E-state index contributed by atoms with van der Waals surface area (Å²) in [6.07, 6.45) is -0.452. The number of hydrogen-bond acceptors (Lipinski definition) is 3. The van der Waals surface area contributed by atoms with Gasteiger partial charge in [-0.1, -0.05) is 45.9 Å². The minimum Gasteiger partial charge on any atom is -0.478 e. The van der Waals surface area contributed by atoms with Gasteiger partial charge in [0.05, 0.1) is 5.69 Å². The van der Waals surface area contributed by atoms with Crippen molar-refractivity contribution in [2.45, 2.75) is 46.8 Å². The van der Waals surface area contributed by atoms with Gasteiger partial charge in [-0.25, -0.2) is 0 Å². The van der Waals surface area contributed by atoms with Gasteiger partial charge in [-0.15, -0.1) is 0 Å². The molecular formula is C19H28N2O2. The number of nitrogens with zero attached hydrogens (tertiary/aromatic N) is 1. The topological polar surface area (TPSA) is 55.6 Å². The fourth-order valence-corrected chi connectivity index (χ4v) is 2.75. The van der Waals surface area contributed by atoms with Gasteiger partial charge in [0.1, 0.15) is 5.75 Å². The predicted octanol–water partition coefficient (Wildman–Crippen LogP) is 3.67. The second-order valence-corrected chi connectivity index (χ2v) is 7.16. The van der Waals surface area contributed by atoms with E-state index in [0.29, 0.717) is 12.5 Å². The van der Waals surface area contributed by atoms with E-state index in [9.17, 15) is 4.79 Å². The van der Waals surface area contributed by atoms with Crippen molar-refractivity contribution in [3.8, 4) is 5.75 Å². The maximum Gasteiger partial charge on any atom is 0.268 e. The van der Waals surface area contributed by atoms with E-state index in [2.05, 4.69) is 20.4 Å². The number of amides is 1. The molecule has 126 valence electrons. The maximum absolute atomic E-state index is 12.8. The molecule has 1 aromatic rings. The molecule has 2 unspecified atom stereocenters. The van der Waals surface area contributed by atoms with Gasteiger partial charge < -0.3 is 15.4 Å². The van der Waals surface area contributed by atoms with Crippen molar-refractivity contribution in [2.24, 2.45) is 17.6 Å². The molecule has 4 nitrogen and oxygen atoms in total. The molecule has 0 aliphatic carbocycles. The van der Waals surface area contributed by atoms with Crippen LogP contribution in [0.5, 0.6) is 5.75 Å². The molecule has 0 aromatic heterocycles. The van der Waals surface area contributed by atoms with Crippen molar-refractivity contribution < 1.29 is 9.53 Å². The zero-order valence-electron chi connectivity index (χ0n) is 14.8. The highest BCUT2D eigenvalue weighted by molar-refractivity contribution is 6.00. The quantitative estimate of drug-likeness (QED) is 0.843. The molecule has 1 aliphatic heterocycles. The Labute approximate surface area is 139 Å². The van der Waals surface area contributed by atoms with Crippen LogP contribution in [0.3, 0.4) is 0 Å². The van der Waals surface area contributed by atoms with E-state index in [1.165, 1.54) is 0 Å². The molecule has 0 bridgehead atoms. The van der Waals surface area contributed by atoms with Gasteiger partial charge >= 0.3 is 0 Å². The van der Waals surface area contributed by atoms with E-state index >= 15 is 0 Å². The van der Waals surface area contributed by atoms with Gasteiger partial charge in [0.25, 0.3) is 5.91 Å². The number of hydrogen-bond donors (Lipinski definition) is 1. The molecule has 0 spiro atoms. The van der Waals surface area contributed by atoms with Crippen molar-refractivity contribution in [1.29, 1.82) is 0 Å². The molecule has 2 rings (SSSR count). The van der Waals surface area contributed by atoms with Crippen molar-refractivity contribution in [3.05, 3.63) is 35.9 Å². The van der Waals surface area contributed by atoms with E-state index in [4.69, 9.17) is 10.5 Å². The van der Waals surface area contributed by atoms with Crippen LogP contribution in [-0.4, -0.2) is 18.6 Å². The van der Waals surface area contributed by atoms with Crippen molar-refractivity contribution in [2.75, 3.05) is 11.4 Å². The average Bonchev–Trinajstić information content (AvgIpc) is 2.47. The van der Waals surface area contributed by atoms with E-state index in [0.717, 1.165) is 22.6 Å². The van der Waals surface area contributed by atoms with Crippen LogP contribution in [0.15, 0.2) is 30.4 Å². The largest absolute Gasteiger partial charge is 0.478 e. The molecule has 0 fully saturated rings. The number of rotatable bonds is 5. The molecule has 1 amide bonds. The van der Waals surface area contributed by atoms with E-state index in [-0.39, 0.29) is 17.9 Å². The zero-order valence-corrected chi connectivity index (χ0v) is 14.8. The second-order valence-electron chi connectivity index (χ2n) is 7.16. The molecule has 2 atom stereocenters. The van der Waals surface area contributed by atoms with Gasteiger partial charge in [0.2, 0.25) is 0 Å². The van der Waals surface area contributed by atoms with Crippen LogP contribution >= 0.6 is 0 Å². The monoisotopic (exact) mass is 316 g/mol. The van der Waals surface area contributed by atoms with Crippen molar-refractivity contribution >= 4 is 11.6 Å². The highest BCUT2D eigenvalue weighted by atomic mass is 16.5. The average molecular weight is 316 g/mol. The Morgan fingerprint density at radius 1 is 1.35 bits per heavy atom. The Morgan fingerprint density at radius 3 is 2.52 bits per heavy atom. The number of benzene rings is 1. The van der Waals surface area contributed by atoms with E-state index in [1.807, 2.05) is 39.0 Å². The molecule has 2 N–H and O–H groups in total. The number of fused-ring (bicyclic) bond motifs is 1. The minimum atomic E-state index is -0.452. The lowest BCUT2D eigenvalue weighted by molar-refractivity contribution is -0.128. The maximum atomic E-state index is 12.8. The molecular weight excluding hydrogens is 288 g/mol. The summed E-state index contributed by atoms with van der Waals surface area (Å²) in [4.78, 5) is 14.6. The standard InChI is InChI=1S/C19H28N2O2/c1-11(2)10-21-15-9-14(17(20)12(3)4)7-8-16(15)23-18(13(5)6)19(21)22/h7-9,12-13,17-18H,1,10,20H2,2-6H3. The first-order chi connectivity index (χ1) is 10.7. The first-order valence-corrected chi connectivity index (χ1v) is 8.24. The third-order valence-electron chi connectivity index (χ3n) is 4.17. The number of carbonyl (C=O) groups excluding carboxylic acids is 1. The van der Waals surface area contributed by atoms with Crippen LogP contribution in [0.4, 0.5) is 5.69 Å². The Kier molecular flexibility index (Phi) is 5.15. The summed E-state index contributed by atoms with van der Waals surface area (Å²) < 4.78 is 5.95. The molecule has 1 heterocycles. The Balaban J connectivity index is 2.48. The van der Waals surface area contributed by atoms with Crippen LogP contribution in [0, 0.1) is 11.8 Å². The summed E-state index contributed by atoms with van der Waals surface area (Å²) in [6.45, 7) is 14.5. The molecule has 1 aromatic carbocycles. The number of anilines is 1. The highest BCUT2D eigenvalue weighted by Gasteiger charge is 2.36. The van der Waals surface area contributed by atoms with Gasteiger partial charge in [-0.2, -0.15) is 0 Å². The summed E-state index contributed by atoms with van der Waals surface area (Å²) in [7, 11) is 0. The highest BCUT2D eigenvalue weighted by Crippen LogP contribution is 2.38. The normalized spacial score (nSPS) is 18.9. The number of carbonyl (C=O) groups is 1. The molecule has 0 saturated heterocycles. The van der Waals surface area contributed by atoms with Crippen LogP contribution < -0.4 is 15.4 Å². The molecule has 0 radical (unpaired) electrons. The lowest BCUT2D eigenvalue weighted by Gasteiger charge is -2.36. The van der Waals surface area contributed by atoms with E-state index < -0.39 is 6.10 Å². The SMILES string of the molecule is C=C(C)CN1C(=O)C(C(C)C)Oc2ccc(C(N)C(C)C)cc21. The summed E-state index contributed by atoms with van der Waals surface area (Å²) in [5, 5.41) is 0. The van der Waals surface area contributed by atoms with Crippen molar-refractivity contribution in [1.82, 2.24) is 0 Å². The van der Waals surface area contributed by atoms with Crippen LogP contribution in [0.2, 0.25) is 0 Å². The predicted molar refractivity (Wildman–Crippen MR) is 94.6 cm³/mol. The van der Waals surface area contributed by atoms with Crippen LogP contribution in [0.1, 0.15) is 46.2 Å². The van der Waals surface area contributed by atoms with Crippen molar-refractivity contribution in [3.63, 3.8) is 0 Å². The second kappa shape index (κ2) is 6.75. The third kappa shape index (κ3) is 3.58. The Morgan fingerprint density at radius 2 is 2.00 bits per heavy atom. The van der Waals surface area contributed by atoms with Gasteiger partial charge in [-0.3, -0.25) is 4.79 Å². The van der Waals surface area contributed by atoms with Gasteiger partial charge in [-0.05, 0) is 36.5 Å². The lowest BCUT2D eigenvalue weighted by Crippen LogP contribution is -2.48. The number of ether oxygens (including phenoxy) is 1. The smallest absolute Gasteiger partial charge is 0.268 e. The lowest BCUT2D eigenvalue weighted by atomic mass is 9.95. The molecule has 1 aliphatic rings. The minimum absolute atomic E-state index is 0.00855. The molecule has 4 heteroatoms. The Hall–Kier alpha value is -1.81. The molecule has 23 heavy (non-hydrogen) atoms.